The van der Waals surface area contributed by atoms with Crippen molar-refractivity contribution in [3.05, 3.63) is 35.9 Å². The molecule has 0 radical (unpaired) electrons. The molecule has 1 aromatic carbocycles. The molecule has 0 saturated heterocycles. The molecule has 1 rings (SSSR count). The van der Waals surface area contributed by atoms with Crippen LogP contribution in [0.4, 0.5) is 0 Å². The SMILES string of the molecule is C=Cc1ccc(SCC)cc1CN(C)C(C)(C)C. The average Bonchev–Trinajstić information content (AvgIpc) is 2.28. The molecule has 0 saturated carbocycles. The monoisotopic (exact) mass is 263 g/mol. The molecule has 0 amide bonds. The molecule has 1 nitrogen and oxygen atoms in total. The highest BCUT2D eigenvalue weighted by Crippen LogP contribution is 2.24. The van der Waals surface area contributed by atoms with E-state index in [0.29, 0.717) is 0 Å². The lowest BCUT2D eigenvalue weighted by Crippen LogP contribution is -2.37. The maximum Gasteiger partial charge on any atom is 0.0242 e. The van der Waals surface area contributed by atoms with Gasteiger partial charge < -0.3 is 0 Å². The number of nitrogens with zero attached hydrogens (tertiary/aromatic N) is 1. The minimum absolute atomic E-state index is 0.187. The van der Waals surface area contributed by atoms with Gasteiger partial charge in [0.25, 0.3) is 0 Å². The molecular formula is C16H25NS. The molecule has 0 bridgehead atoms. The van der Waals surface area contributed by atoms with E-state index in [1.807, 2.05) is 17.8 Å². The third kappa shape index (κ3) is 4.18. The molecule has 0 atom stereocenters. The van der Waals surface area contributed by atoms with E-state index in [1.54, 1.807) is 0 Å². The van der Waals surface area contributed by atoms with E-state index in [-0.39, 0.29) is 5.54 Å². The van der Waals surface area contributed by atoms with Gasteiger partial charge in [-0.15, -0.1) is 11.8 Å². The lowest BCUT2D eigenvalue weighted by Gasteiger charge is -2.32. The summed E-state index contributed by atoms with van der Waals surface area (Å²) in [6.07, 6.45) is 1.95. The molecule has 100 valence electrons. The highest BCUT2D eigenvalue weighted by Gasteiger charge is 2.17. The minimum Gasteiger partial charge on any atom is -0.297 e. The number of hydrogen-bond donors (Lipinski definition) is 0. The number of benzene rings is 1. The molecule has 0 aliphatic rings. The minimum atomic E-state index is 0.187. The van der Waals surface area contributed by atoms with Crippen LogP contribution in [-0.4, -0.2) is 23.2 Å². The first-order valence-corrected chi connectivity index (χ1v) is 7.46. The van der Waals surface area contributed by atoms with Crippen molar-refractivity contribution in [2.45, 2.75) is 44.7 Å². The smallest absolute Gasteiger partial charge is 0.0242 e. The van der Waals surface area contributed by atoms with Gasteiger partial charge in [-0.1, -0.05) is 25.6 Å². The van der Waals surface area contributed by atoms with Crippen LogP contribution in [0.5, 0.6) is 0 Å². The standard InChI is InChI=1S/C16H25NS/c1-7-13-9-10-15(18-8-2)11-14(13)12-17(6)16(3,4)5/h7,9-11H,1,8,12H2,2-6H3. The fourth-order valence-corrected chi connectivity index (χ4v) is 2.39. The summed E-state index contributed by atoms with van der Waals surface area (Å²) in [4.78, 5) is 3.72. The molecule has 0 aromatic heterocycles. The normalized spacial score (nSPS) is 11.9. The summed E-state index contributed by atoms with van der Waals surface area (Å²) < 4.78 is 0. The van der Waals surface area contributed by atoms with Gasteiger partial charge in [0.1, 0.15) is 0 Å². The lowest BCUT2D eigenvalue weighted by molar-refractivity contribution is 0.167. The van der Waals surface area contributed by atoms with Crippen molar-refractivity contribution >= 4 is 17.8 Å². The Kier molecular flexibility index (Phi) is 5.48. The van der Waals surface area contributed by atoms with Crippen LogP contribution in [0.25, 0.3) is 6.08 Å². The van der Waals surface area contributed by atoms with Gasteiger partial charge in [0.05, 0.1) is 0 Å². The van der Waals surface area contributed by atoms with Crippen LogP contribution in [-0.2, 0) is 6.54 Å². The quantitative estimate of drug-likeness (QED) is 0.710. The number of thioether (sulfide) groups is 1. The first-order valence-electron chi connectivity index (χ1n) is 6.48. The van der Waals surface area contributed by atoms with Gasteiger partial charge in [-0.2, -0.15) is 0 Å². The molecule has 0 aliphatic heterocycles. The van der Waals surface area contributed by atoms with Crippen molar-refractivity contribution < 1.29 is 0 Å². The summed E-state index contributed by atoms with van der Waals surface area (Å²) in [5.41, 5.74) is 2.79. The maximum absolute atomic E-state index is 3.91. The largest absolute Gasteiger partial charge is 0.297 e. The highest BCUT2D eigenvalue weighted by atomic mass is 32.2. The Morgan fingerprint density at radius 3 is 2.50 bits per heavy atom. The van der Waals surface area contributed by atoms with Crippen LogP contribution >= 0.6 is 11.8 Å². The Bertz CT molecular complexity index is 404. The van der Waals surface area contributed by atoms with Gasteiger partial charge in [0, 0.05) is 17.0 Å². The van der Waals surface area contributed by atoms with Crippen molar-refractivity contribution in [3.8, 4) is 0 Å². The molecular weight excluding hydrogens is 238 g/mol. The summed E-state index contributed by atoms with van der Waals surface area (Å²) >= 11 is 1.89. The van der Waals surface area contributed by atoms with Crippen LogP contribution < -0.4 is 0 Å². The highest BCUT2D eigenvalue weighted by molar-refractivity contribution is 7.99. The second-order valence-corrected chi connectivity index (χ2v) is 6.86. The first-order chi connectivity index (χ1) is 8.38. The molecule has 18 heavy (non-hydrogen) atoms. The van der Waals surface area contributed by atoms with Crippen LogP contribution in [0.15, 0.2) is 29.7 Å². The fourth-order valence-electron chi connectivity index (χ4n) is 1.67. The van der Waals surface area contributed by atoms with E-state index in [9.17, 15) is 0 Å². The van der Waals surface area contributed by atoms with Crippen LogP contribution in [0.3, 0.4) is 0 Å². The number of rotatable bonds is 5. The molecule has 0 spiro atoms. The molecule has 0 N–H and O–H groups in total. The van der Waals surface area contributed by atoms with Crippen molar-refractivity contribution in [3.63, 3.8) is 0 Å². The average molecular weight is 263 g/mol. The van der Waals surface area contributed by atoms with E-state index in [1.165, 1.54) is 16.0 Å². The van der Waals surface area contributed by atoms with Crippen molar-refractivity contribution in [1.29, 1.82) is 0 Å². The van der Waals surface area contributed by atoms with Gasteiger partial charge >= 0.3 is 0 Å². The van der Waals surface area contributed by atoms with Crippen molar-refractivity contribution in [1.82, 2.24) is 4.90 Å². The first kappa shape index (κ1) is 15.3. The summed E-state index contributed by atoms with van der Waals surface area (Å²) in [7, 11) is 2.17. The Morgan fingerprint density at radius 2 is 2.00 bits per heavy atom. The van der Waals surface area contributed by atoms with Gasteiger partial charge in [-0.3, -0.25) is 4.90 Å². The van der Waals surface area contributed by atoms with E-state index in [0.717, 1.165) is 12.3 Å². The maximum atomic E-state index is 3.91. The zero-order valence-corrected chi connectivity index (χ0v) is 13.1. The Balaban J connectivity index is 2.97. The molecule has 0 unspecified atom stereocenters. The third-order valence-corrected chi connectivity index (χ3v) is 4.07. The summed E-state index contributed by atoms with van der Waals surface area (Å²) in [5.74, 6) is 1.11. The van der Waals surface area contributed by atoms with Crippen LogP contribution in [0.2, 0.25) is 0 Å². The van der Waals surface area contributed by atoms with Crippen molar-refractivity contribution in [2.75, 3.05) is 12.8 Å². The second-order valence-electron chi connectivity index (χ2n) is 5.52. The van der Waals surface area contributed by atoms with Gasteiger partial charge in [-0.25, -0.2) is 0 Å². The predicted molar refractivity (Wildman–Crippen MR) is 84.2 cm³/mol. The zero-order chi connectivity index (χ0) is 13.8. The van der Waals surface area contributed by atoms with E-state index < -0.39 is 0 Å². The predicted octanol–water partition coefficient (Wildman–Crippen LogP) is 4.67. The van der Waals surface area contributed by atoms with E-state index in [4.69, 9.17) is 0 Å². The van der Waals surface area contributed by atoms with Gasteiger partial charge in [0.15, 0.2) is 0 Å². The molecule has 0 fully saturated rings. The summed E-state index contributed by atoms with van der Waals surface area (Å²) in [6.45, 7) is 13.8. The lowest BCUT2D eigenvalue weighted by atomic mass is 10.0. The molecule has 1 aromatic rings. The zero-order valence-electron chi connectivity index (χ0n) is 12.3. The summed E-state index contributed by atoms with van der Waals surface area (Å²) in [5, 5.41) is 0. The Labute approximate surface area is 116 Å². The van der Waals surface area contributed by atoms with Crippen LogP contribution in [0.1, 0.15) is 38.8 Å². The number of hydrogen-bond acceptors (Lipinski definition) is 2. The molecule has 0 heterocycles. The Hall–Kier alpha value is -0.730. The van der Waals surface area contributed by atoms with Gasteiger partial charge in [-0.05, 0) is 56.8 Å². The van der Waals surface area contributed by atoms with E-state index >= 15 is 0 Å². The Morgan fingerprint density at radius 1 is 1.33 bits per heavy atom. The van der Waals surface area contributed by atoms with Crippen LogP contribution in [0, 0.1) is 0 Å². The summed E-state index contributed by atoms with van der Waals surface area (Å²) in [6, 6.07) is 6.66. The third-order valence-electron chi connectivity index (χ3n) is 3.20. The van der Waals surface area contributed by atoms with Gasteiger partial charge in [0.2, 0.25) is 0 Å². The molecule has 2 heteroatoms. The van der Waals surface area contributed by atoms with Crippen molar-refractivity contribution in [2.24, 2.45) is 0 Å². The second kappa shape index (κ2) is 6.44. The topological polar surface area (TPSA) is 3.24 Å². The van der Waals surface area contributed by atoms with E-state index in [2.05, 4.69) is 64.4 Å². The fraction of sp³-hybridized carbons (Fsp3) is 0.500. The molecule has 0 aliphatic carbocycles.